The van der Waals surface area contributed by atoms with Crippen LogP contribution in [0.25, 0.3) is 21.7 Å². The number of aromatic nitrogens is 2. The fraction of sp³-hybridized carbons (Fsp3) is 0.192. The first-order valence-electron chi connectivity index (χ1n) is 10.5. The van der Waals surface area contributed by atoms with Gasteiger partial charge in [-0.05, 0) is 49.2 Å². The zero-order valence-electron chi connectivity index (χ0n) is 17.9. The molecule has 4 nitrogen and oxygen atoms in total. The highest BCUT2D eigenvalue weighted by Gasteiger charge is 2.19. The van der Waals surface area contributed by atoms with E-state index in [2.05, 4.69) is 55.3 Å². The van der Waals surface area contributed by atoms with Gasteiger partial charge in [-0.15, -0.1) is 11.3 Å². The second-order valence-corrected chi connectivity index (χ2v) is 8.69. The van der Waals surface area contributed by atoms with E-state index in [0.717, 1.165) is 33.1 Å². The smallest absolute Gasteiger partial charge is 0.256 e. The highest BCUT2D eigenvalue weighted by atomic mass is 32.1. The number of anilines is 1. The van der Waals surface area contributed by atoms with Gasteiger partial charge < -0.3 is 5.32 Å². The lowest BCUT2D eigenvalue weighted by molar-refractivity contribution is 0.102. The third-order valence-electron chi connectivity index (χ3n) is 5.27. The molecular weight excluding hydrogens is 402 g/mol. The largest absolute Gasteiger partial charge is 0.307 e. The summed E-state index contributed by atoms with van der Waals surface area (Å²) in [5, 5.41) is 4.04. The summed E-state index contributed by atoms with van der Waals surface area (Å²) in [6.07, 6.45) is 2.77. The molecule has 4 rings (SSSR count). The second kappa shape index (κ2) is 9.23. The molecule has 1 atom stereocenters. The zero-order chi connectivity index (χ0) is 21.8. The number of carbonyl (C=O) groups excluding carboxylic acids is 1. The Morgan fingerprint density at radius 1 is 1.03 bits per heavy atom. The number of benzene rings is 2. The molecule has 5 heteroatoms. The van der Waals surface area contributed by atoms with Crippen molar-refractivity contribution in [3.05, 3.63) is 89.1 Å². The zero-order valence-corrected chi connectivity index (χ0v) is 18.7. The molecule has 156 valence electrons. The van der Waals surface area contributed by atoms with E-state index < -0.39 is 0 Å². The Balaban J connectivity index is 1.73. The fourth-order valence-electron chi connectivity index (χ4n) is 3.32. The average molecular weight is 428 g/mol. The fourth-order valence-corrected chi connectivity index (χ4v) is 4.54. The van der Waals surface area contributed by atoms with Crippen molar-refractivity contribution in [3.63, 3.8) is 0 Å². The van der Waals surface area contributed by atoms with Crippen LogP contribution in [0.15, 0.2) is 72.9 Å². The molecule has 0 aliphatic rings. The Hall–Kier alpha value is -3.31. The van der Waals surface area contributed by atoms with Gasteiger partial charge in [0.05, 0.1) is 15.6 Å². The third kappa shape index (κ3) is 4.72. The number of thiazole rings is 1. The van der Waals surface area contributed by atoms with E-state index in [-0.39, 0.29) is 5.91 Å². The molecule has 0 fully saturated rings. The summed E-state index contributed by atoms with van der Waals surface area (Å²) in [6, 6.07) is 21.5. The van der Waals surface area contributed by atoms with Crippen molar-refractivity contribution in [2.75, 3.05) is 5.32 Å². The summed E-state index contributed by atoms with van der Waals surface area (Å²) in [5.74, 6) is 0.746. The monoisotopic (exact) mass is 427 g/mol. The van der Waals surface area contributed by atoms with Crippen LogP contribution in [0.3, 0.4) is 0 Å². The van der Waals surface area contributed by atoms with Crippen molar-refractivity contribution in [3.8, 4) is 21.7 Å². The Labute approximate surface area is 187 Å². The molecule has 0 radical (unpaired) electrons. The highest BCUT2D eigenvalue weighted by molar-refractivity contribution is 7.15. The summed E-state index contributed by atoms with van der Waals surface area (Å²) in [4.78, 5) is 23.0. The number of nitrogens with one attached hydrogen (secondary N) is 1. The molecule has 1 unspecified atom stereocenters. The second-order valence-electron chi connectivity index (χ2n) is 7.66. The molecule has 2 heterocycles. The maximum Gasteiger partial charge on any atom is 0.256 e. The Morgan fingerprint density at radius 2 is 1.84 bits per heavy atom. The summed E-state index contributed by atoms with van der Waals surface area (Å²) >= 11 is 1.72. The van der Waals surface area contributed by atoms with Crippen molar-refractivity contribution in [1.29, 1.82) is 0 Å². The minimum absolute atomic E-state index is 0.172. The summed E-state index contributed by atoms with van der Waals surface area (Å²) in [7, 11) is 0. The van der Waals surface area contributed by atoms with E-state index in [0.29, 0.717) is 17.3 Å². The maximum atomic E-state index is 12.6. The van der Waals surface area contributed by atoms with E-state index in [1.807, 2.05) is 30.3 Å². The van der Waals surface area contributed by atoms with Crippen molar-refractivity contribution in [2.45, 2.75) is 33.1 Å². The number of hydrogen-bond donors (Lipinski definition) is 1. The minimum Gasteiger partial charge on any atom is -0.307 e. The molecule has 0 saturated carbocycles. The normalized spacial score (nSPS) is 11.8. The van der Waals surface area contributed by atoms with E-state index in [9.17, 15) is 4.79 Å². The number of amides is 1. The molecule has 1 amide bonds. The van der Waals surface area contributed by atoms with Gasteiger partial charge in [-0.25, -0.2) is 9.97 Å². The van der Waals surface area contributed by atoms with Crippen LogP contribution in [0.1, 0.15) is 47.1 Å². The van der Waals surface area contributed by atoms with Crippen LogP contribution in [0, 0.1) is 6.92 Å². The number of pyridine rings is 1. The summed E-state index contributed by atoms with van der Waals surface area (Å²) < 4.78 is 0. The quantitative estimate of drug-likeness (QED) is 0.362. The number of rotatable bonds is 6. The predicted octanol–water partition coefficient (Wildman–Crippen LogP) is 6.95. The van der Waals surface area contributed by atoms with Gasteiger partial charge in [0.2, 0.25) is 0 Å². The lowest BCUT2D eigenvalue weighted by Crippen LogP contribution is -2.12. The van der Waals surface area contributed by atoms with Gasteiger partial charge in [-0.3, -0.25) is 4.79 Å². The van der Waals surface area contributed by atoms with E-state index in [4.69, 9.17) is 4.98 Å². The van der Waals surface area contributed by atoms with Crippen LogP contribution in [-0.4, -0.2) is 15.9 Å². The molecule has 2 aromatic heterocycles. The lowest BCUT2D eigenvalue weighted by Gasteiger charge is -2.07. The van der Waals surface area contributed by atoms with Gasteiger partial charge in [-0.1, -0.05) is 55.8 Å². The molecule has 31 heavy (non-hydrogen) atoms. The third-order valence-corrected chi connectivity index (χ3v) is 6.60. The van der Waals surface area contributed by atoms with Crippen LogP contribution in [0.5, 0.6) is 0 Å². The number of nitrogens with zero attached hydrogens (tertiary/aromatic N) is 2. The standard InChI is InChI=1S/C26H25N3OS/c1-4-18(3)26-29-23(20-12-8-9-17(2)15-20)24(31-26)21-13-14-27-22(16-21)28-25(30)19-10-6-5-7-11-19/h5-16,18H,4H2,1-3H3,(H,27,28,30). The number of carbonyl (C=O) groups is 1. The van der Waals surface area contributed by atoms with Crippen molar-refractivity contribution in [2.24, 2.45) is 0 Å². The van der Waals surface area contributed by atoms with Crippen molar-refractivity contribution >= 4 is 23.1 Å². The molecule has 0 bridgehead atoms. The van der Waals surface area contributed by atoms with Crippen LogP contribution >= 0.6 is 11.3 Å². The number of hydrogen-bond acceptors (Lipinski definition) is 4. The predicted molar refractivity (Wildman–Crippen MR) is 129 cm³/mol. The summed E-state index contributed by atoms with van der Waals surface area (Å²) in [6.45, 7) is 6.48. The molecule has 2 aromatic carbocycles. The van der Waals surface area contributed by atoms with Gasteiger partial charge >= 0.3 is 0 Å². The van der Waals surface area contributed by atoms with Crippen LogP contribution in [-0.2, 0) is 0 Å². The average Bonchev–Trinajstić information content (AvgIpc) is 3.25. The molecular formula is C26H25N3OS. The Morgan fingerprint density at radius 3 is 2.58 bits per heavy atom. The first-order valence-corrected chi connectivity index (χ1v) is 11.3. The molecule has 4 aromatic rings. The van der Waals surface area contributed by atoms with Gasteiger partial charge in [0.15, 0.2) is 0 Å². The van der Waals surface area contributed by atoms with Crippen LogP contribution in [0.2, 0.25) is 0 Å². The van der Waals surface area contributed by atoms with Gasteiger partial charge in [0, 0.05) is 23.2 Å². The maximum absolute atomic E-state index is 12.6. The van der Waals surface area contributed by atoms with Gasteiger partial charge in [0.25, 0.3) is 5.91 Å². The molecule has 0 saturated heterocycles. The minimum atomic E-state index is -0.172. The molecule has 1 N–H and O–H groups in total. The highest BCUT2D eigenvalue weighted by Crippen LogP contribution is 2.40. The molecule has 0 spiro atoms. The van der Waals surface area contributed by atoms with E-state index in [1.54, 1.807) is 29.7 Å². The first kappa shape index (κ1) is 20.9. The van der Waals surface area contributed by atoms with Crippen molar-refractivity contribution in [1.82, 2.24) is 9.97 Å². The first-order chi connectivity index (χ1) is 15.0. The van der Waals surface area contributed by atoms with Crippen LogP contribution in [0.4, 0.5) is 5.82 Å². The molecule has 0 aliphatic carbocycles. The summed E-state index contributed by atoms with van der Waals surface area (Å²) in [5.41, 5.74) is 4.89. The van der Waals surface area contributed by atoms with Crippen LogP contribution < -0.4 is 5.32 Å². The number of aryl methyl sites for hydroxylation is 1. The Bertz CT molecular complexity index is 1200. The lowest BCUT2D eigenvalue weighted by atomic mass is 10.0. The van der Waals surface area contributed by atoms with E-state index in [1.165, 1.54) is 5.56 Å². The topological polar surface area (TPSA) is 54.9 Å². The van der Waals surface area contributed by atoms with Gasteiger partial charge in [-0.2, -0.15) is 0 Å². The molecule has 0 aliphatic heterocycles. The SMILES string of the molecule is CCC(C)c1nc(-c2cccc(C)c2)c(-c2ccnc(NC(=O)c3ccccc3)c2)s1. The van der Waals surface area contributed by atoms with E-state index >= 15 is 0 Å². The van der Waals surface area contributed by atoms with Gasteiger partial charge in [0.1, 0.15) is 5.82 Å². The van der Waals surface area contributed by atoms with Crippen molar-refractivity contribution < 1.29 is 4.79 Å². The Kier molecular flexibility index (Phi) is 6.23.